The Labute approximate surface area is 112 Å². The van der Waals surface area contributed by atoms with Crippen LogP contribution in [0.4, 0.5) is 4.39 Å². The van der Waals surface area contributed by atoms with Crippen molar-refractivity contribution in [1.82, 2.24) is 0 Å². The van der Waals surface area contributed by atoms with Crippen molar-refractivity contribution < 1.29 is 9.50 Å². The fraction of sp³-hybridized carbons (Fsp3) is 0.231. The predicted octanol–water partition coefficient (Wildman–Crippen LogP) is 4.23. The maximum atomic E-state index is 13.0. The van der Waals surface area contributed by atoms with E-state index in [1.165, 1.54) is 12.1 Å². The Morgan fingerprint density at radius 2 is 2.18 bits per heavy atom. The van der Waals surface area contributed by atoms with Gasteiger partial charge in [-0.1, -0.05) is 12.1 Å². The van der Waals surface area contributed by atoms with Crippen LogP contribution in [0.3, 0.4) is 0 Å². The average molecular weight is 315 g/mol. The SMILES string of the molecule is Cc1cc(Br)c(C(O)Cc2cccc(F)c2)s1. The van der Waals surface area contributed by atoms with Crippen LogP contribution in [-0.2, 0) is 6.42 Å². The lowest BCUT2D eigenvalue weighted by Gasteiger charge is -2.09. The molecule has 1 atom stereocenters. The minimum atomic E-state index is -0.593. The van der Waals surface area contributed by atoms with Gasteiger partial charge in [0.2, 0.25) is 0 Å². The van der Waals surface area contributed by atoms with Gasteiger partial charge in [-0.15, -0.1) is 11.3 Å². The van der Waals surface area contributed by atoms with Gasteiger partial charge in [-0.05, 0) is 46.6 Å². The number of rotatable bonds is 3. The normalized spacial score (nSPS) is 12.7. The summed E-state index contributed by atoms with van der Waals surface area (Å²) in [4.78, 5) is 2.04. The highest BCUT2D eigenvalue weighted by Crippen LogP contribution is 2.33. The maximum Gasteiger partial charge on any atom is 0.123 e. The van der Waals surface area contributed by atoms with Crippen LogP contribution in [0.15, 0.2) is 34.8 Å². The van der Waals surface area contributed by atoms with Gasteiger partial charge in [-0.3, -0.25) is 0 Å². The quantitative estimate of drug-likeness (QED) is 0.898. The molecule has 0 fully saturated rings. The lowest BCUT2D eigenvalue weighted by molar-refractivity contribution is 0.181. The van der Waals surface area contributed by atoms with Crippen LogP contribution in [0, 0.1) is 12.7 Å². The third-order valence-corrected chi connectivity index (χ3v) is 4.53. The molecule has 0 saturated heterocycles. The molecule has 1 aromatic carbocycles. The Balaban J connectivity index is 2.16. The third-order valence-electron chi connectivity index (χ3n) is 2.46. The Hall–Kier alpha value is -0.710. The summed E-state index contributed by atoms with van der Waals surface area (Å²) in [6.07, 6.45) is -0.166. The zero-order valence-corrected chi connectivity index (χ0v) is 11.7. The van der Waals surface area contributed by atoms with Crippen molar-refractivity contribution in [2.24, 2.45) is 0 Å². The lowest BCUT2D eigenvalue weighted by atomic mass is 10.1. The van der Waals surface area contributed by atoms with E-state index in [-0.39, 0.29) is 5.82 Å². The summed E-state index contributed by atoms with van der Waals surface area (Å²) in [5, 5.41) is 10.1. The zero-order chi connectivity index (χ0) is 12.4. The zero-order valence-electron chi connectivity index (χ0n) is 9.28. The topological polar surface area (TPSA) is 20.2 Å². The van der Waals surface area contributed by atoms with E-state index in [9.17, 15) is 9.50 Å². The van der Waals surface area contributed by atoms with Gasteiger partial charge in [-0.25, -0.2) is 4.39 Å². The van der Waals surface area contributed by atoms with Gasteiger partial charge in [0.1, 0.15) is 5.82 Å². The predicted molar refractivity (Wildman–Crippen MR) is 71.8 cm³/mol. The summed E-state index contributed by atoms with van der Waals surface area (Å²) in [7, 11) is 0. The van der Waals surface area contributed by atoms with Crippen LogP contribution in [0.5, 0.6) is 0 Å². The molecule has 0 saturated carbocycles. The number of halogens is 2. The van der Waals surface area contributed by atoms with Crippen LogP contribution < -0.4 is 0 Å². The first kappa shape index (κ1) is 12.7. The molecule has 0 aliphatic rings. The lowest BCUT2D eigenvalue weighted by Crippen LogP contribution is -2.00. The van der Waals surface area contributed by atoms with Crippen LogP contribution in [0.25, 0.3) is 0 Å². The molecule has 1 heterocycles. The highest BCUT2D eigenvalue weighted by Gasteiger charge is 2.15. The molecule has 1 aromatic heterocycles. The summed E-state index contributed by atoms with van der Waals surface area (Å²) in [6.45, 7) is 1.99. The Kier molecular flexibility index (Phi) is 3.97. The van der Waals surface area contributed by atoms with E-state index in [0.29, 0.717) is 6.42 Å². The molecular formula is C13H12BrFOS. The first-order valence-electron chi connectivity index (χ1n) is 5.24. The minimum absolute atomic E-state index is 0.267. The van der Waals surface area contributed by atoms with Crippen molar-refractivity contribution >= 4 is 27.3 Å². The molecule has 2 rings (SSSR count). The molecule has 1 unspecified atom stereocenters. The van der Waals surface area contributed by atoms with Gasteiger partial charge in [0.25, 0.3) is 0 Å². The van der Waals surface area contributed by atoms with Crippen LogP contribution >= 0.6 is 27.3 Å². The van der Waals surface area contributed by atoms with E-state index in [0.717, 1.165) is 19.8 Å². The number of thiophene rings is 1. The van der Waals surface area contributed by atoms with Gasteiger partial charge >= 0.3 is 0 Å². The number of benzene rings is 1. The highest BCUT2D eigenvalue weighted by molar-refractivity contribution is 9.10. The van der Waals surface area contributed by atoms with Crippen LogP contribution in [-0.4, -0.2) is 5.11 Å². The Morgan fingerprint density at radius 1 is 1.41 bits per heavy atom. The Bertz CT molecular complexity index is 524. The summed E-state index contributed by atoms with van der Waals surface area (Å²) < 4.78 is 13.9. The van der Waals surface area contributed by atoms with Crippen molar-refractivity contribution in [3.05, 3.63) is 55.9 Å². The molecule has 0 radical (unpaired) electrons. The molecule has 1 N–H and O–H groups in total. The van der Waals surface area contributed by atoms with E-state index < -0.39 is 6.10 Å². The van der Waals surface area contributed by atoms with Crippen LogP contribution in [0.2, 0.25) is 0 Å². The minimum Gasteiger partial charge on any atom is -0.387 e. The van der Waals surface area contributed by atoms with Crippen molar-refractivity contribution in [3.63, 3.8) is 0 Å². The molecule has 0 aliphatic heterocycles. The van der Waals surface area contributed by atoms with Crippen LogP contribution in [0.1, 0.15) is 21.4 Å². The summed E-state index contributed by atoms with van der Waals surface area (Å²) in [5.41, 5.74) is 0.801. The molecule has 0 aliphatic carbocycles. The third kappa shape index (κ3) is 3.15. The number of hydrogen-bond acceptors (Lipinski definition) is 2. The van der Waals surface area contributed by atoms with E-state index in [2.05, 4.69) is 15.9 Å². The molecular weight excluding hydrogens is 303 g/mol. The van der Waals surface area contributed by atoms with Gasteiger partial charge in [-0.2, -0.15) is 0 Å². The molecule has 4 heteroatoms. The van der Waals surface area contributed by atoms with Crippen molar-refractivity contribution in [1.29, 1.82) is 0 Å². The second-order valence-electron chi connectivity index (χ2n) is 3.92. The smallest absolute Gasteiger partial charge is 0.123 e. The van der Waals surface area contributed by atoms with Gasteiger partial charge in [0.05, 0.1) is 6.10 Å². The molecule has 2 aromatic rings. The first-order valence-corrected chi connectivity index (χ1v) is 6.85. The van der Waals surface area contributed by atoms with Crippen molar-refractivity contribution in [2.45, 2.75) is 19.4 Å². The molecule has 0 bridgehead atoms. The van der Waals surface area contributed by atoms with E-state index in [1.54, 1.807) is 17.4 Å². The average Bonchev–Trinajstić information content (AvgIpc) is 2.58. The first-order chi connectivity index (χ1) is 8.06. The molecule has 90 valence electrons. The monoisotopic (exact) mass is 314 g/mol. The van der Waals surface area contributed by atoms with Gasteiger partial charge < -0.3 is 5.11 Å². The molecule has 0 amide bonds. The number of aliphatic hydroxyl groups excluding tert-OH is 1. The number of aliphatic hydroxyl groups is 1. The summed E-state index contributed by atoms with van der Waals surface area (Å²) >= 11 is 4.98. The van der Waals surface area contributed by atoms with E-state index in [1.807, 2.05) is 19.1 Å². The second kappa shape index (κ2) is 5.29. The summed E-state index contributed by atoms with van der Waals surface area (Å²) in [6, 6.07) is 8.32. The number of aryl methyl sites for hydroxylation is 1. The van der Waals surface area contributed by atoms with Crippen molar-refractivity contribution in [2.75, 3.05) is 0 Å². The number of hydrogen-bond donors (Lipinski definition) is 1. The standard InChI is InChI=1S/C13H12BrFOS/c1-8-5-11(14)13(17-8)12(16)7-9-3-2-4-10(15)6-9/h2-6,12,16H,7H2,1H3. The van der Waals surface area contributed by atoms with Gasteiger partial charge in [0, 0.05) is 20.6 Å². The molecule has 17 heavy (non-hydrogen) atoms. The fourth-order valence-corrected chi connectivity index (χ4v) is 3.61. The maximum absolute atomic E-state index is 13.0. The van der Waals surface area contributed by atoms with Gasteiger partial charge in [0.15, 0.2) is 0 Å². The highest BCUT2D eigenvalue weighted by atomic mass is 79.9. The molecule has 0 spiro atoms. The van der Waals surface area contributed by atoms with Crippen molar-refractivity contribution in [3.8, 4) is 0 Å². The fourth-order valence-electron chi connectivity index (χ4n) is 1.71. The largest absolute Gasteiger partial charge is 0.387 e. The summed E-state index contributed by atoms with van der Waals surface area (Å²) in [5.74, 6) is -0.267. The van der Waals surface area contributed by atoms with E-state index in [4.69, 9.17) is 0 Å². The Morgan fingerprint density at radius 3 is 2.76 bits per heavy atom. The van der Waals surface area contributed by atoms with E-state index >= 15 is 0 Å². The second-order valence-corrected chi connectivity index (χ2v) is 6.06. The molecule has 1 nitrogen and oxygen atoms in total.